The molecule has 1 aromatic rings. The van der Waals surface area contributed by atoms with Gasteiger partial charge in [0, 0.05) is 12.6 Å². The van der Waals surface area contributed by atoms with Gasteiger partial charge in [-0.2, -0.15) is 0 Å². The summed E-state index contributed by atoms with van der Waals surface area (Å²) in [6, 6.07) is 0.484. The largest absolute Gasteiger partial charge is 0.391 e. The van der Waals surface area contributed by atoms with Crippen molar-refractivity contribution in [3.63, 3.8) is 0 Å². The molecule has 0 unspecified atom stereocenters. The van der Waals surface area contributed by atoms with E-state index >= 15 is 0 Å². The maximum Gasteiger partial charge on any atom is 0.186 e. The third kappa shape index (κ3) is 3.23. The van der Waals surface area contributed by atoms with Crippen LogP contribution in [0, 0.1) is 5.92 Å². The van der Waals surface area contributed by atoms with Gasteiger partial charge in [-0.1, -0.05) is 24.7 Å². The first-order valence-corrected chi connectivity index (χ1v) is 7.83. The van der Waals surface area contributed by atoms with Crippen molar-refractivity contribution in [2.24, 2.45) is 5.92 Å². The fourth-order valence-corrected chi connectivity index (χ4v) is 3.25. The van der Waals surface area contributed by atoms with Gasteiger partial charge in [-0.3, -0.25) is 0 Å². The van der Waals surface area contributed by atoms with E-state index in [0.29, 0.717) is 6.04 Å². The van der Waals surface area contributed by atoms with Crippen molar-refractivity contribution in [1.82, 2.24) is 4.98 Å². The second-order valence-corrected chi connectivity index (χ2v) is 6.53. The topological polar surface area (TPSA) is 36.4 Å². The Bertz CT molecular complexity index is 385. The lowest BCUT2D eigenvalue weighted by Crippen LogP contribution is -2.32. The summed E-state index contributed by atoms with van der Waals surface area (Å²) >= 11 is 1.67. The van der Waals surface area contributed by atoms with E-state index in [1.165, 1.54) is 12.8 Å². The number of aromatic nitrogens is 1. The van der Waals surface area contributed by atoms with Crippen LogP contribution in [0.5, 0.6) is 0 Å². The van der Waals surface area contributed by atoms with E-state index < -0.39 is 0 Å². The Balaban J connectivity index is 2.17. The van der Waals surface area contributed by atoms with Crippen molar-refractivity contribution in [2.75, 3.05) is 11.4 Å². The van der Waals surface area contributed by atoms with Crippen LogP contribution < -0.4 is 4.90 Å². The number of anilines is 1. The molecule has 0 aliphatic heterocycles. The number of aliphatic hydroxyl groups is 1. The third-order valence-corrected chi connectivity index (χ3v) is 4.54. The monoisotopic (exact) mass is 268 g/mol. The minimum Gasteiger partial charge on any atom is -0.391 e. The zero-order chi connectivity index (χ0) is 13.1. The molecule has 102 valence electrons. The summed E-state index contributed by atoms with van der Waals surface area (Å²) in [6.07, 6.45) is 4.79. The summed E-state index contributed by atoms with van der Waals surface area (Å²) in [5, 5.41) is 10.5. The van der Waals surface area contributed by atoms with Gasteiger partial charge in [0.15, 0.2) is 5.13 Å². The maximum absolute atomic E-state index is 9.42. The molecule has 2 rings (SSSR count). The highest BCUT2D eigenvalue weighted by Crippen LogP contribution is 2.35. The Morgan fingerprint density at radius 2 is 2.17 bits per heavy atom. The smallest absolute Gasteiger partial charge is 0.186 e. The Morgan fingerprint density at radius 1 is 1.44 bits per heavy atom. The number of aliphatic hydroxyl groups excluding tert-OH is 1. The predicted octanol–water partition coefficient (Wildman–Crippen LogP) is 3.21. The molecule has 0 atom stereocenters. The highest BCUT2D eigenvalue weighted by molar-refractivity contribution is 7.15. The van der Waals surface area contributed by atoms with Crippen molar-refractivity contribution in [3.8, 4) is 0 Å². The van der Waals surface area contributed by atoms with E-state index in [-0.39, 0.29) is 6.61 Å². The normalized spacial score (nSPS) is 15.4. The van der Waals surface area contributed by atoms with Gasteiger partial charge in [0.1, 0.15) is 0 Å². The number of aryl methyl sites for hydroxylation is 1. The molecule has 0 saturated heterocycles. The molecule has 0 spiro atoms. The first-order valence-electron chi connectivity index (χ1n) is 7.01. The van der Waals surface area contributed by atoms with Gasteiger partial charge in [0.2, 0.25) is 0 Å². The number of nitrogens with zero attached hydrogens (tertiary/aromatic N) is 2. The van der Waals surface area contributed by atoms with Crippen LogP contribution >= 0.6 is 11.3 Å². The van der Waals surface area contributed by atoms with Crippen molar-refractivity contribution in [1.29, 1.82) is 0 Å². The van der Waals surface area contributed by atoms with Gasteiger partial charge in [-0.25, -0.2) is 4.98 Å². The van der Waals surface area contributed by atoms with Crippen LogP contribution in [0.2, 0.25) is 0 Å². The minimum atomic E-state index is 0.127. The molecule has 1 heterocycles. The lowest BCUT2D eigenvalue weighted by Gasteiger charge is -2.26. The molecule has 0 radical (unpaired) electrons. The Morgan fingerprint density at radius 3 is 2.67 bits per heavy atom. The van der Waals surface area contributed by atoms with Gasteiger partial charge < -0.3 is 10.0 Å². The Kier molecular flexibility index (Phi) is 4.62. The second-order valence-electron chi connectivity index (χ2n) is 5.46. The molecular weight excluding hydrogens is 244 g/mol. The third-order valence-electron chi connectivity index (χ3n) is 3.42. The summed E-state index contributed by atoms with van der Waals surface area (Å²) in [5.41, 5.74) is 1.10. The molecule has 18 heavy (non-hydrogen) atoms. The molecule has 0 aromatic carbocycles. The number of thiazole rings is 1. The lowest BCUT2D eigenvalue weighted by molar-refractivity contribution is 0.284. The van der Waals surface area contributed by atoms with Gasteiger partial charge in [0.25, 0.3) is 0 Å². The van der Waals surface area contributed by atoms with Crippen LogP contribution in [0.25, 0.3) is 0 Å². The van der Waals surface area contributed by atoms with Gasteiger partial charge in [0.05, 0.1) is 17.2 Å². The van der Waals surface area contributed by atoms with E-state index in [1.807, 2.05) is 0 Å². The van der Waals surface area contributed by atoms with E-state index in [2.05, 4.69) is 25.7 Å². The van der Waals surface area contributed by atoms with E-state index in [9.17, 15) is 5.11 Å². The van der Waals surface area contributed by atoms with Crippen LogP contribution in [0.3, 0.4) is 0 Å². The number of hydrogen-bond donors (Lipinski definition) is 1. The molecule has 3 nitrogen and oxygen atoms in total. The molecule has 1 aliphatic rings. The average molecular weight is 268 g/mol. The number of rotatable bonds is 7. The zero-order valence-electron chi connectivity index (χ0n) is 11.6. The van der Waals surface area contributed by atoms with Crippen LogP contribution in [-0.4, -0.2) is 22.7 Å². The minimum absolute atomic E-state index is 0.127. The molecule has 1 fully saturated rings. The van der Waals surface area contributed by atoms with Crippen LogP contribution in [-0.2, 0) is 13.0 Å². The van der Waals surface area contributed by atoms with Gasteiger partial charge in [-0.05, 0) is 39.0 Å². The highest BCUT2D eigenvalue weighted by Gasteiger charge is 2.27. The number of hydrogen-bond acceptors (Lipinski definition) is 4. The summed E-state index contributed by atoms with van der Waals surface area (Å²) in [4.78, 5) is 8.21. The molecule has 4 heteroatoms. The molecule has 1 saturated carbocycles. The summed E-state index contributed by atoms with van der Waals surface area (Å²) in [5.74, 6) is 0.864. The fraction of sp³-hybridized carbons (Fsp3) is 0.786. The lowest BCUT2D eigenvalue weighted by atomic mass is 10.2. The molecule has 1 aliphatic carbocycles. The highest BCUT2D eigenvalue weighted by atomic mass is 32.1. The van der Waals surface area contributed by atoms with Gasteiger partial charge >= 0.3 is 0 Å². The van der Waals surface area contributed by atoms with Crippen molar-refractivity contribution >= 4 is 16.5 Å². The quantitative estimate of drug-likeness (QED) is 0.825. The average Bonchev–Trinajstić information content (AvgIpc) is 3.07. The Hall–Kier alpha value is -0.610. The van der Waals surface area contributed by atoms with Crippen LogP contribution in [0.4, 0.5) is 5.13 Å². The first-order chi connectivity index (χ1) is 8.65. The molecular formula is C14H24N2OS. The zero-order valence-corrected chi connectivity index (χ0v) is 12.5. The standard InChI is InChI=1S/C14H24N2OS/c1-4-5-12-13(9-17)18-14(15-12)16(10(2)3)8-11-6-7-11/h10-11,17H,4-9H2,1-3H3. The van der Waals surface area contributed by atoms with Crippen LogP contribution in [0.15, 0.2) is 0 Å². The molecule has 1 N–H and O–H groups in total. The second kappa shape index (κ2) is 6.02. The Labute approximate surface area is 114 Å². The summed E-state index contributed by atoms with van der Waals surface area (Å²) in [6.45, 7) is 7.86. The molecule has 0 bridgehead atoms. The van der Waals surface area contributed by atoms with Crippen molar-refractivity contribution in [3.05, 3.63) is 10.6 Å². The maximum atomic E-state index is 9.42. The van der Waals surface area contributed by atoms with E-state index in [4.69, 9.17) is 4.98 Å². The van der Waals surface area contributed by atoms with Crippen molar-refractivity contribution < 1.29 is 5.11 Å². The van der Waals surface area contributed by atoms with Crippen LogP contribution in [0.1, 0.15) is 50.6 Å². The SMILES string of the molecule is CCCc1nc(N(CC2CC2)C(C)C)sc1CO. The van der Waals surface area contributed by atoms with Gasteiger partial charge in [-0.15, -0.1) is 0 Å². The van der Waals surface area contributed by atoms with Crippen molar-refractivity contribution in [2.45, 2.75) is 59.1 Å². The first kappa shape index (κ1) is 13.8. The van der Waals surface area contributed by atoms with E-state index in [0.717, 1.165) is 41.0 Å². The summed E-state index contributed by atoms with van der Waals surface area (Å²) in [7, 11) is 0. The molecule has 1 aromatic heterocycles. The fourth-order valence-electron chi connectivity index (χ4n) is 2.14. The summed E-state index contributed by atoms with van der Waals surface area (Å²) < 4.78 is 0. The predicted molar refractivity (Wildman–Crippen MR) is 77.2 cm³/mol. The molecule has 0 amide bonds. The van der Waals surface area contributed by atoms with E-state index in [1.54, 1.807) is 11.3 Å².